The lowest BCUT2D eigenvalue weighted by atomic mass is 9.85. The van der Waals surface area contributed by atoms with E-state index in [-0.39, 0.29) is 42.2 Å². The number of hydrogen-bond acceptors (Lipinski definition) is 3. The maximum Gasteiger partial charge on any atom is 0.235 e. The summed E-state index contributed by atoms with van der Waals surface area (Å²) >= 11 is 6.00. The van der Waals surface area contributed by atoms with Gasteiger partial charge in [-0.1, -0.05) is 29.8 Å². The first-order valence-corrected chi connectivity index (χ1v) is 7.97. The van der Waals surface area contributed by atoms with Crippen LogP contribution in [0.5, 0.6) is 0 Å². The van der Waals surface area contributed by atoms with E-state index in [0.717, 1.165) is 17.7 Å². The number of hydrogen-bond donors (Lipinski definition) is 1. The van der Waals surface area contributed by atoms with Crippen LogP contribution in [0.4, 0.5) is 5.69 Å². The molecule has 1 aromatic carbocycles. The Bertz CT molecular complexity index is 670. The summed E-state index contributed by atoms with van der Waals surface area (Å²) in [7, 11) is 0. The number of anilines is 1. The maximum atomic E-state index is 12.6. The van der Waals surface area contributed by atoms with E-state index in [1.165, 1.54) is 4.90 Å². The van der Waals surface area contributed by atoms with Crippen molar-refractivity contribution in [3.63, 3.8) is 0 Å². The number of likely N-dealkylation sites (tertiary alicyclic amines) is 1. The molecule has 0 aromatic heterocycles. The van der Waals surface area contributed by atoms with E-state index in [2.05, 4.69) is 17.5 Å². The highest BCUT2D eigenvalue weighted by atomic mass is 35.5. The molecular weight excluding hydrogens is 300 g/mol. The molecule has 4 unspecified atom stereocenters. The van der Waals surface area contributed by atoms with Crippen LogP contribution in [0.15, 0.2) is 30.4 Å². The number of fused-ring (bicyclic) bond motifs is 5. The Balaban J connectivity index is 1.51. The van der Waals surface area contributed by atoms with Crippen LogP contribution in [0.2, 0.25) is 5.02 Å². The van der Waals surface area contributed by atoms with E-state index in [4.69, 9.17) is 11.6 Å². The summed E-state index contributed by atoms with van der Waals surface area (Å²) < 4.78 is 0. The smallest absolute Gasteiger partial charge is 0.235 e. The Hall–Kier alpha value is -1.81. The van der Waals surface area contributed by atoms with Gasteiger partial charge in [0.1, 0.15) is 0 Å². The van der Waals surface area contributed by atoms with Gasteiger partial charge in [-0.05, 0) is 42.9 Å². The van der Waals surface area contributed by atoms with Gasteiger partial charge in [-0.3, -0.25) is 14.5 Å². The second kappa shape index (κ2) is 4.85. The molecule has 22 heavy (non-hydrogen) atoms. The zero-order valence-electron chi connectivity index (χ0n) is 12.3. The number of nitrogens with one attached hydrogen (secondary N) is 1. The molecule has 0 radical (unpaired) electrons. The van der Waals surface area contributed by atoms with Gasteiger partial charge in [0.25, 0.3) is 0 Å². The van der Waals surface area contributed by atoms with Crippen LogP contribution in [-0.4, -0.2) is 23.4 Å². The molecule has 1 N–H and O–H groups in total. The van der Waals surface area contributed by atoms with Gasteiger partial charge >= 0.3 is 0 Å². The molecule has 4 atom stereocenters. The van der Waals surface area contributed by atoms with Crippen molar-refractivity contribution in [2.45, 2.75) is 13.3 Å². The molecule has 1 saturated carbocycles. The SMILES string of the molecule is Cc1ccc(Cl)cc1NCN1C(=O)C2C3C=CC(C3)C2C1=O. The third kappa shape index (κ3) is 1.90. The Morgan fingerprint density at radius 1 is 1.18 bits per heavy atom. The second-order valence-electron chi connectivity index (χ2n) is 6.40. The summed E-state index contributed by atoms with van der Waals surface area (Å²) in [6.07, 6.45) is 5.17. The number of halogens is 1. The fourth-order valence-electron chi connectivity index (χ4n) is 4.07. The van der Waals surface area contributed by atoms with Gasteiger partial charge < -0.3 is 5.32 Å². The predicted octanol–water partition coefficient (Wildman–Crippen LogP) is 2.82. The number of carbonyl (C=O) groups is 2. The third-order valence-electron chi connectivity index (χ3n) is 5.19. The van der Waals surface area contributed by atoms with Crippen molar-refractivity contribution >= 4 is 29.1 Å². The average molecular weight is 317 g/mol. The lowest BCUT2D eigenvalue weighted by Crippen LogP contribution is -2.37. The van der Waals surface area contributed by atoms with Gasteiger partial charge in [-0.15, -0.1) is 0 Å². The van der Waals surface area contributed by atoms with E-state index in [1.807, 2.05) is 25.1 Å². The van der Waals surface area contributed by atoms with Crippen LogP contribution in [0, 0.1) is 30.6 Å². The average Bonchev–Trinajstić information content (AvgIpc) is 3.16. The summed E-state index contributed by atoms with van der Waals surface area (Å²) in [5, 5.41) is 3.81. The molecule has 5 heteroatoms. The minimum Gasteiger partial charge on any atom is -0.367 e. The lowest BCUT2D eigenvalue weighted by Gasteiger charge is -2.19. The second-order valence-corrected chi connectivity index (χ2v) is 6.83. The highest BCUT2D eigenvalue weighted by Gasteiger charge is 2.59. The molecule has 0 spiro atoms. The molecule has 1 aliphatic heterocycles. The van der Waals surface area contributed by atoms with Crippen molar-refractivity contribution in [2.75, 3.05) is 12.0 Å². The molecule has 1 heterocycles. The van der Waals surface area contributed by atoms with Crippen LogP contribution in [0.25, 0.3) is 0 Å². The Labute approximate surface area is 134 Å². The Morgan fingerprint density at radius 3 is 2.45 bits per heavy atom. The minimum atomic E-state index is -0.134. The van der Waals surface area contributed by atoms with Crippen LogP contribution < -0.4 is 5.32 Å². The monoisotopic (exact) mass is 316 g/mol. The normalized spacial score (nSPS) is 32.0. The quantitative estimate of drug-likeness (QED) is 0.689. The summed E-state index contributed by atoms with van der Waals surface area (Å²) in [5.74, 6) is 0.182. The van der Waals surface area contributed by atoms with Crippen molar-refractivity contribution in [1.82, 2.24) is 4.90 Å². The Morgan fingerprint density at radius 2 is 1.82 bits per heavy atom. The zero-order chi connectivity index (χ0) is 15.4. The van der Waals surface area contributed by atoms with Crippen LogP contribution in [0.1, 0.15) is 12.0 Å². The largest absolute Gasteiger partial charge is 0.367 e. The number of nitrogens with zero attached hydrogens (tertiary/aromatic N) is 1. The lowest BCUT2D eigenvalue weighted by molar-refractivity contribution is -0.140. The molecule has 2 fully saturated rings. The van der Waals surface area contributed by atoms with Crippen molar-refractivity contribution in [3.8, 4) is 0 Å². The van der Waals surface area contributed by atoms with E-state index in [1.54, 1.807) is 0 Å². The van der Waals surface area contributed by atoms with Crippen LogP contribution in [0.3, 0.4) is 0 Å². The minimum absolute atomic E-state index is 0.0287. The van der Waals surface area contributed by atoms with Gasteiger partial charge in [0.2, 0.25) is 11.8 Å². The van der Waals surface area contributed by atoms with Crippen molar-refractivity contribution in [1.29, 1.82) is 0 Å². The predicted molar refractivity (Wildman–Crippen MR) is 84.2 cm³/mol. The number of benzene rings is 1. The van der Waals surface area contributed by atoms with Crippen molar-refractivity contribution in [3.05, 3.63) is 40.9 Å². The molecule has 2 bridgehead atoms. The molecule has 1 saturated heterocycles. The number of imide groups is 1. The number of aryl methyl sites for hydroxylation is 1. The standard InChI is InChI=1S/C17H17ClN2O2/c1-9-2-5-12(18)7-13(9)19-8-20-16(21)14-10-3-4-11(6-10)15(14)17(20)22/h2-5,7,10-11,14-15,19H,6,8H2,1H3. The van der Waals surface area contributed by atoms with Gasteiger partial charge in [0.05, 0.1) is 18.5 Å². The summed E-state index contributed by atoms with van der Waals surface area (Å²) in [5.41, 5.74) is 1.89. The fourth-order valence-corrected chi connectivity index (χ4v) is 4.24. The molecular formula is C17H17ClN2O2. The van der Waals surface area contributed by atoms with E-state index < -0.39 is 0 Å². The highest BCUT2D eigenvalue weighted by molar-refractivity contribution is 6.30. The number of allylic oxidation sites excluding steroid dienone is 2. The zero-order valence-corrected chi connectivity index (χ0v) is 13.0. The van der Waals surface area contributed by atoms with Crippen LogP contribution in [-0.2, 0) is 9.59 Å². The fraction of sp³-hybridized carbons (Fsp3) is 0.412. The molecule has 2 amide bonds. The number of carbonyl (C=O) groups excluding carboxylic acids is 2. The molecule has 4 nitrogen and oxygen atoms in total. The summed E-state index contributed by atoms with van der Waals surface area (Å²) in [6, 6.07) is 5.55. The van der Waals surface area contributed by atoms with Crippen molar-refractivity contribution in [2.24, 2.45) is 23.7 Å². The van der Waals surface area contributed by atoms with Gasteiger partial charge in [-0.2, -0.15) is 0 Å². The first kappa shape index (κ1) is 13.8. The first-order valence-electron chi connectivity index (χ1n) is 7.60. The van der Waals surface area contributed by atoms with E-state index in [9.17, 15) is 9.59 Å². The number of amides is 2. The maximum absolute atomic E-state index is 12.6. The Kier molecular flexibility index (Phi) is 3.05. The van der Waals surface area contributed by atoms with E-state index in [0.29, 0.717) is 5.02 Å². The summed E-state index contributed by atoms with van der Waals surface area (Å²) in [6.45, 7) is 2.18. The molecule has 1 aromatic rings. The highest BCUT2D eigenvalue weighted by Crippen LogP contribution is 2.52. The van der Waals surface area contributed by atoms with Gasteiger partial charge in [0, 0.05) is 10.7 Å². The number of rotatable bonds is 3. The van der Waals surface area contributed by atoms with E-state index >= 15 is 0 Å². The molecule has 3 aliphatic rings. The molecule has 114 valence electrons. The van der Waals surface area contributed by atoms with Crippen molar-refractivity contribution < 1.29 is 9.59 Å². The van der Waals surface area contributed by atoms with Crippen LogP contribution >= 0.6 is 11.6 Å². The summed E-state index contributed by atoms with van der Waals surface area (Å²) in [4.78, 5) is 26.5. The third-order valence-corrected chi connectivity index (χ3v) is 5.42. The molecule has 4 rings (SSSR count). The van der Waals surface area contributed by atoms with Gasteiger partial charge in [-0.25, -0.2) is 0 Å². The first-order chi connectivity index (χ1) is 10.6. The molecule has 2 aliphatic carbocycles. The van der Waals surface area contributed by atoms with Gasteiger partial charge in [0.15, 0.2) is 0 Å². The topological polar surface area (TPSA) is 49.4 Å².